The Hall–Kier alpha value is -3.56. The van der Waals surface area contributed by atoms with Crippen LogP contribution in [0.5, 0.6) is 0 Å². The van der Waals surface area contributed by atoms with Gasteiger partial charge in [0.05, 0.1) is 43.1 Å². The van der Waals surface area contributed by atoms with Crippen LogP contribution in [0.1, 0.15) is 24.8 Å². The molecule has 0 saturated carbocycles. The molecule has 0 atom stereocenters. The zero-order chi connectivity index (χ0) is 21.9. The number of nitrogens with one attached hydrogen (secondary N) is 2. The van der Waals surface area contributed by atoms with E-state index in [2.05, 4.69) is 27.2 Å². The van der Waals surface area contributed by atoms with Crippen LogP contribution in [0, 0.1) is 11.7 Å². The lowest BCUT2D eigenvalue weighted by Gasteiger charge is -2.25. The van der Waals surface area contributed by atoms with E-state index >= 15 is 0 Å². The molecule has 4 heterocycles. The molecule has 0 unspecified atom stereocenters. The van der Waals surface area contributed by atoms with E-state index in [9.17, 15) is 4.39 Å². The summed E-state index contributed by atoms with van der Waals surface area (Å²) in [5.74, 6) is 1.76. The molecule has 1 aliphatic rings. The van der Waals surface area contributed by atoms with Gasteiger partial charge >= 0.3 is 0 Å². The molecule has 4 aromatic rings. The zero-order valence-electron chi connectivity index (χ0n) is 17.4. The van der Waals surface area contributed by atoms with Gasteiger partial charge in [-0.2, -0.15) is 0 Å². The van der Waals surface area contributed by atoms with E-state index in [-0.39, 0.29) is 5.82 Å². The highest BCUT2D eigenvalue weighted by Gasteiger charge is 2.26. The van der Waals surface area contributed by atoms with Crippen molar-refractivity contribution in [2.45, 2.75) is 19.8 Å². The van der Waals surface area contributed by atoms with Gasteiger partial charge in [0.25, 0.3) is 0 Å². The number of hydrogen-bond donors (Lipinski definition) is 2. The topological polar surface area (TPSA) is 98.1 Å². The van der Waals surface area contributed by atoms with E-state index in [1.54, 1.807) is 30.7 Å². The van der Waals surface area contributed by atoms with Crippen LogP contribution >= 0.6 is 0 Å². The van der Waals surface area contributed by atoms with E-state index in [1.807, 2.05) is 12.1 Å². The molecule has 0 bridgehead atoms. The third kappa shape index (κ3) is 4.39. The quantitative estimate of drug-likeness (QED) is 0.458. The largest absolute Gasteiger partial charge is 0.467 e. The van der Waals surface area contributed by atoms with Crippen LogP contribution in [0.2, 0.25) is 0 Å². The Bertz CT molecular complexity index is 1170. The third-order valence-corrected chi connectivity index (χ3v) is 5.04. The van der Waals surface area contributed by atoms with Crippen LogP contribution in [-0.4, -0.2) is 33.1 Å². The Morgan fingerprint density at radius 3 is 2.66 bits per heavy atom. The fourth-order valence-corrected chi connectivity index (χ4v) is 3.43. The summed E-state index contributed by atoms with van der Waals surface area (Å²) < 4.78 is 30.5. The van der Waals surface area contributed by atoms with E-state index < -0.39 is 6.29 Å². The molecule has 0 aliphatic carbocycles. The van der Waals surface area contributed by atoms with Crippen molar-refractivity contribution in [3.05, 3.63) is 72.3 Å². The first-order valence-corrected chi connectivity index (χ1v) is 10.3. The molecule has 1 saturated heterocycles. The summed E-state index contributed by atoms with van der Waals surface area (Å²) in [7, 11) is 0. The number of ether oxygens (including phenoxy) is 2. The average Bonchev–Trinajstić information content (AvgIpc) is 3.49. The molecule has 164 valence electrons. The number of nitrogens with zero attached hydrogens (tertiary/aromatic N) is 3. The monoisotopic (exact) mass is 435 g/mol. The van der Waals surface area contributed by atoms with E-state index in [1.165, 1.54) is 12.1 Å². The molecule has 32 heavy (non-hydrogen) atoms. The van der Waals surface area contributed by atoms with Crippen molar-refractivity contribution in [1.82, 2.24) is 19.9 Å². The maximum Gasteiger partial charge on any atom is 0.223 e. The molecule has 1 fully saturated rings. The van der Waals surface area contributed by atoms with Gasteiger partial charge in [0, 0.05) is 17.7 Å². The Morgan fingerprint density at radius 2 is 1.91 bits per heavy atom. The second-order valence-electron chi connectivity index (χ2n) is 7.65. The van der Waals surface area contributed by atoms with Crippen LogP contribution in [0.25, 0.3) is 22.6 Å². The van der Waals surface area contributed by atoms with Gasteiger partial charge < -0.3 is 24.2 Å². The molecule has 2 N–H and O–H groups in total. The molecule has 8 nitrogen and oxygen atoms in total. The first kappa shape index (κ1) is 20.3. The second kappa shape index (κ2) is 8.89. The Balaban J connectivity index is 1.49. The van der Waals surface area contributed by atoms with Gasteiger partial charge in [-0.25, -0.2) is 19.3 Å². The number of H-pyrrole nitrogens is 1. The summed E-state index contributed by atoms with van der Waals surface area (Å²) in [4.78, 5) is 16.9. The fourth-order valence-electron chi connectivity index (χ4n) is 3.43. The Labute approximate surface area is 183 Å². The van der Waals surface area contributed by atoms with Gasteiger partial charge in [-0.1, -0.05) is 6.92 Å². The van der Waals surface area contributed by atoms with Crippen molar-refractivity contribution in [3.63, 3.8) is 0 Å². The highest BCUT2D eigenvalue weighted by molar-refractivity contribution is 5.77. The predicted molar refractivity (Wildman–Crippen MR) is 115 cm³/mol. The minimum atomic E-state index is -0.600. The van der Waals surface area contributed by atoms with Crippen molar-refractivity contribution >= 4 is 5.95 Å². The SMILES string of the molecule is CC1COC(c2nc(-c3ccc(F)cc3)c(-c3ccnc(NCc4ccco4)n3)[nH]2)OC1. The molecule has 0 spiro atoms. The summed E-state index contributed by atoms with van der Waals surface area (Å²) in [5.41, 5.74) is 2.67. The van der Waals surface area contributed by atoms with Crippen molar-refractivity contribution in [2.24, 2.45) is 5.92 Å². The highest BCUT2D eigenvalue weighted by Crippen LogP contribution is 2.33. The van der Waals surface area contributed by atoms with E-state index in [0.29, 0.717) is 54.5 Å². The minimum Gasteiger partial charge on any atom is -0.467 e. The van der Waals surface area contributed by atoms with Crippen molar-refractivity contribution in [3.8, 4) is 22.6 Å². The number of furan rings is 1. The molecular formula is C23H22FN5O3. The number of hydrogen-bond acceptors (Lipinski definition) is 7. The first-order chi connectivity index (χ1) is 15.7. The molecule has 0 amide bonds. The summed E-state index contributed by atoms with van der Waals surface area (Å²) in [6, 6.07) is 11.6. The van der Waals surface area contributed by atoms with E-state index in [0.717, 1.165) is 11.3 Å². The normalized spacial score (nSPS) is 18.6. The molecule has 1 aliphatic heterocycles. The van der Waals surface area contributed by atoms with Crippen molar-refractivity contribution in [2.75, 3.05) is 18.5 Å². The summed E-state index contributed by atoms with van der Waals surface area (Å²) in [6.07, 6.45) is 2.68. The maximum absolute atomic E-state index is 13.5. The number of aromatic amines is 1. The van der Waals surface area contributed by atoms with Gasteiger partial charge in [-0.05, 0) is 42.5 Å². The van der Waals surface area contributed by atoms with Crippen LogP contribution < -0.4 is 5.32 Å². The van der Waals surface area contributed by atoms with Gasteiger partial charge in [0.1, 0.15) is 11.6 Å². The van der Waals surface area contributed by atoms with E-state index in [4.69, 9.17) is 18.9 Å². The lowest BCUT2D eigenvalue weighted by Crippen LogP contribution is -2.25. The number of rotatable bonds is 6. The maximum atomic E-state index is 13.5. The van der Waals surface area contributed by atoms with Gasteiger partial charge in [0.15, 0.2) is 5.82 Å². The van der Waals surface area contributed by atoms with Gasteiger partial charge in [0.2, 0.25) is 12.2 Å². The highest BCUT2D eigenvalue weighted by atomic mass is 19.1. The smallest absolute Gasteiger partial charge is 0.223 e. The fraction of sp³-hybridized carbons (Fsp3) is 0.261. The molecule has 5 rings (SSSR count). The van der Waals surface area contributed by atoms with Crippen LogP contribution in [0.15, 0.2) is 59.3 Å². The average molecular weight is 435 g/mol. The lowest BCUT2D eigenvalue weighted by molar-refractivity contribution is -0.205. The molecule has 9 heteroatoms. The van der Waals surface area contributed by atoms with Crippen molar-refractivity contribution < 1.29 is 18.3 Å². The van der Waals surface area contributed by atoms with Crippen LogP contribution in [0.3, 0.4) is 0 Å². The molecule has 1 aromatic carbocycles. The standard InChI is InChI=1S/C23H22FN5O3/c1-14-12-31-22(32-13-14)21-28-19(15-4-6-16(24)7-5-15)20(29-21)18-8-9-25-23(27-18)26-11-17-3-2-10-30-17/h2-10,14,22H,11-13H2,1H3,(H,28,29)(H,25,26,27). The number of benzene rings is 1. The summed E-state index contributed by atoms with van der Waals surface area (Å²) >= 11 is 0. The summed E-state index contributed by atoms with van der Waals surface area (Å²) in [6.45, 7) is 3.69. The molecule has 3 aromatic heterocycles. The number of aromatic nitrogens is 4. The second-order valence-corrected chi connectivity index (χ2v) is 7.65. The zero-order valence-corrected chi connectivity index (χ0v) is 17.4. The Kier molecular flexibility index (Phi) is 5.66. The summed E-state index contributed by atoms with van der Waals surface area (Å²) in [5, 5.41) is 3.15. The number of halogens is 1. The molecule has 0 radical (unpaired) electrons. The first-order valence-electron chi connectivity index (χ1n) is 10.3. The van der Waals surface area contributed by atoms with Crippen LogP contribution in [0.4, 0.5) is 10.3 Å². The predicted octanol–water partition coefficient (Wildman–Crippen LogP) is 4.56. The lowest BCUT2D eigenvalue weighted by atomic mass is 10.1. The third-order valence-electron chi connectivity index (χ3n) is 5.04. The number of imidazole rings is 1. The van der Waals surface area contributed by atoms with Crippen molar-refractivity contribution in [1.29, 1.82) is 0 Å². The van der Waals surface area contributed by atoms with Gasteiger partial charge in [-0.15, -0.1) is 0 Å². The van der Waals surface area contributed by atoms with Gasteiger partial charge in [-0.3, -0.25) is 0 Å². The van der Waals surface area contributed by atoms with Crippen LogP contribution in [-0.2, 0) is 16.0 Å². The minimum absolute atomic E-state index is 0.314. The Morgan fingerprint density at radius 1 is 1.09 bits per heavy atom. The number of anilines is 1. The molecular weight excluding hydrogens is 413 g/mol.